The molecule has 2 aliphatic rings. The first-order valence-electron chi connectivity index (χ1n) is 7.74. The number of nitrogens with zero attached hydrogens (tertiary/aromatic N) is 1. The normalized spacial score (nSPS) is 22.3. The third kappa shape index (κ3) is 4.13. The van der Waals surface area contributed by atoms with Crippen molar-refractivity contribution >= 4 is 35.5 Å². The number of nitrogens with two attached hydrogens (primary N) is 1. The van der Waals surface area contributed by atoms with Crippen molar-refractivity contribution in [2.24, 2.45) is 11.7 Å². The number of carbonyl (C=O) groups is 4. The summed E-state index contributed by atoms with van der Waals surface area (Å²) in [4.78, 5) is 48.3. The first-order valence-corrected chi connectivity index (χ1v) is 8.79. The molecule has 2 rings (SSSR count). The Morgan fingerprint density at radius 2 is 2.04 bits per heavy atom. The zero-order valence-corrected chi connectivity index (χ0v) is 15.1. The van der Waals surface area contributed by atoms with Crippen molar-refractivity contribution < 1.29 is 28.7 Å². The van der Waals surface area contributed by atoms with Crippen molar-refractivity contribution in [2.75, 3.05) is 19.1 Å². The number of ether oxygens (including phenoxy) is 2. The number of amides is 2. The fourth-order valence-electron chi connectivity index (χ4n) is 2.31. The Kier molecular flexibility index (Phi) is 6.07. The van der Waals surface area contributed by atoms with Crippen LogP contribution < -0.4 is 11.1 Å². The summed E-state index contributed by atoms with van der Waals surface area (Å²) in [6, 6.07) is -0.677. The molecule has 0 aliphatic carbocycles. The number of β-lactam (4-membered cyclic amide) rings is 1. The lowest BCUT2D eigenvalue weighted by Crippen LogP contribution is -2.68. The highest BCUT2D eigenvalue weighted by Gasteiger charge is 2.52. The number of carbonyl (C=O) groups excluding carboxylic acids is 4. The van der Waals surface area contributed by atoms with Crippen molar-refractivity contribution in [2.45, 2.75) is 32.2 Å². The van der Waals surface area contributed by atoms with Crippen molar-refractivity contribution in [3.8, 4) is 0 Å². The summed E-state index contributed by atoms with van der Waals surface area (Å²) >= 11 is 1.39. The van der Waals surface area contributed by atoms with Crippen LogP contribution >= 0.6 is 11.8 Å². The maximum absolute atomic E-state index is 12.4. The van der Waals surface area contributed by atoms with Gasteiger partial charge in [-0.25, -0.2) is 4.79 Å². The summed E-state index contributed by atoms with van der Waals surface area (Å²) in [6.45, 7) is 4.24. The molecule has 1 fully saturated rings. The molecule has 0 aromatic rings. The standard InChI is InChI=1S/C15H21N3O6S/c1-7(2)12(20)17-6-24-15(22)11-9(4-23-8(3)19)5-25-14-10(16)13(21)18(11)14/h7,10,14H,4-6,16H2,1-3H3,(H,17,20). The molecule has 2 unspecified atom stereocenters. The molecule has 0 spiro atoms. The summed E-state index contributed by atoms with van der Waals surface area (Å²) in [5.74, 6) is -1.78. The summed E-state index contributed by atoms with van der Waals surface area (Å²) in [6.07, 6.45) is 0. The summed E-state index contributed by atoms with van der Waals surface area (Å²) in [7, 11) is 0. The van der Waals surface area contributed by atoms with Crippen LogP contribution in [0.2, 0.25) is 0 Å². The second kappa shape index (κ2) is 7.87. The Balaban J connectivity index is 2.11. The van der Waals surface area contributed by atoms with Crippen molar-refractivity contribution in [1.29, 1.82) is 0 Å². The average molecular weight is 371 g/mol. The van der Waals surface area contributed by atoms with Gasteiger partial charge in [0.25, 0.3) is 0 Å². The van der Waals surface area contributed by atoms with E-state index in [1.54, 1.807) is 13.8 Å². The monoisotopic (exact) mass is 371 g/mol. The number of nitrogens with one attached hydrogen (secondary N) is 1. The number of esters is 2. The van der Waals surface area contributed by atoms with Gasteiger partial charge in [-0.05, 0) is 0 Å². The van der Waals surface area contributed by atoms with E-state index in [9.17, 15) is 19.2 Å². The number of hydrogen-bond donors (Lipinski definition) is 2. The largest absolute Gasteiger partial charge is 0.461 e. The van der Waals surface area contributed by atoms with Crippen LogP contribution in [-0.2, 0) is 28.7 Å². The molecule has 0 aromatic carbocycles. The smallest absolute Gasteiger partial charge is 0.356 e. The molecule has 138 valence electrons. The molecule has 0 radical (unpaired) electrons. The molecule has 0 aromatic heterocycles. The molecule has 2 heterocycles. The van der Waals surface area contributed by atoms with Gasteiger partial charge in [-0.3, -0.25) is 19.3 Å². The lowest BCUT2D eigenvalue weighted by atomic mass is 10.0. The van der Waals surface area contributed by atoms with Gasteiger partial charge in [-0.15, -0.1) is 11.8 Å². The van der Waals surface area contributed by atoms with E-state index in [4.69, 9.17) is 15.2 Å². The van der Waals surface area contributed by atoms with Crippen LogP contribution in [0.1, 0.15) is 20.8 Å². The van der Waals surface area contributed by atoms with Crippen LogP contribution in [0, 0.1) is 5.92 Å². The molecule has 9 nitrogen and oxygen atoms in total. The Hall–Kier alpha value is -2.07. The minimum Gasteiger partial charge on any atom is -0.461 e. The van der Waals surface area contributed by atoms with Gasteiger partial charge in [0.2, 0.25) is 11.8 Å². The van der Waals surface area contributed by atoms with E-state index in [0.717, 1.165) is 0 Å². The zero-order chi connectivity index (χ0) is 18.7. The van der Waals surface area contributed by atoms with Crippen LogP contribution in [0.4, 0.5) is 0 Å². The third-order valence-corrected chi connectivity index (χ3v) is 5.07. The quantitative estimate of drug-likeness (QED) is 0.357. The number of rotatable bonds is 6. The summed E-state index contributed by atoms with van der Waals surface area (Å²) < 4.78 is 10.0. The van der Waals surface area contributed by atoms with Gasteiger partial charge in [0.15, 0.2) is 6.73 Å². The first-order chi connectivity index (χ1) is 11.7. The second-order valence-corrected chi connectivity index (χ2v) is 7.04. The topological polar surface area (TPSA) is 128 Å². The highest BCUT2D eigenvalue weighted by molar-refractivity contribution is 8.00. The minimum atomic E-state index is -0.767. The lowest BCUT2D eigenvalue weighted by Gasteiger charge is -2.48. The van der Waals surface area contributed by atoms with Crippen LogP contribution in [0.25, 0.3) is 0 Å². The van der Waals surface area contributed by atoms with Gasteiger partial charge in [0, 0.05) is 24.2 Å². The van der Waals surface area contributed by atoms with Crippen LogP contribution in [-0.4, -0.2) is 59.2 Å². The fraction of sp³-hybridized carbons (Fsp3) is 0.600. The third-order valence-electron chi connectivity index (χ3n) is 3.71. The molecule has 2 aliphatic heterocycles. The van der Waals surface area contributed by atoms with Gasteiger partial charge in [-0.2, -0.15) is 0 Å². The van der Waals surface area contributed by atoms with Gasteiger partial charge in [0.05, 0.1) is 0 Å². The van der Waals surface area contributed by atoms with Crippen molar-refractivity contribution in [3.63, 3.8) is 0 Å². The Morgan fingerprint density at radius 3 is 2.64 bits per heavy atom. The zero-order valence-electron chi connectivity index (χ0n) is 14.2. The highest BCUT2D eigenvalue weighted by atomic mass is 32.2. The fourth-order valence-corrected chi connectivity index (χ4v) is 3.59. The summed E-state index contributed by atoms with van der Waals surface area (Å²) in [5.41, 5.74) is 6.26. The molecular weight excluding hydrogens is 350 g/mol. The molecule has 2 atom stereocenters. The maximum Gasteiger partial charge on any atom is 0.356 e. The molecular formula is C15H21N3O6S. The molecule has 10 heteroatoms. The number of hydrogen-bond acceptors (Lipinski definition) is 8. The van der Waals surface area contributed by atoms with Crippen LogP contribution in [0.5, 0.6) is 0 Å². The van der Waals surface area contributed by atoms with E-state index in [1.807, 2.05) is 0 Å². The second-order valence-electron chi connectivity index (χ2n) is 5.94. The molecule has 25 heavy (non-hydrogen) atoms. The molecule has 0 saturated carbocycles. The van der Waals surface area contributed by atoms with Crippen LogP contribution in [0.15, 0.2) is 11.3 Å². The SMILES string of the molecule is CC(=O)OCC1=C(C(=O)OCNC(=O)C(C)C)N2C(=O)C(N)C2SC1. The predicted molar refractivity (Wildman–Crippen MR) is 88.7 cm³/mol. The lowest BCUT2D eigenvalue weighted by molar-refractivity contribution is -0.152. The maximum atomic E-state index is 12.4. The van der Waals surface area contributed by atoms with E-state index in [2.05, 4.69) is 5.32 Å². The molecule has 1 saturated heterocycles. The van der Waals surface area contributed by atoms with Crippen LogP contribution in [0.3, 0.4) is 0 Å². The van der Waals surface area contributed by atoms with E-state index in [0.29, 0.717) is 11.3 Å². The summed E-state index contributed by atoms with van der Waals surface area (Å²) in [5, 5.41) is 2.11. The van der Waals surface area contributed by atoms with E-state index >= 15 is 0 Å². The highest BCUT2D eigenvalue weighted by Crippen LogP contribution is 2.39. The molecule has 0 bridgehead atoms. The van der Waals surface area contributed by atoms with Gasteiger partial charge in [-0.1, -0.05) is 13.8 Å². The molecule has 2 amide bonds. The number of fused-ring (bicyclic) bond motifs is 1. The van der Waals surface area contributed by atoms with Crippen molar-refractivity contribution in [3.05, 3.63) is 11.3 Å². The Labute approximate surface area is 149 Å². The minimum absolute atomic E-state index is 0.0375. The van der Waals surface area contributed by atoms with Gasteiger partial charge >= 0.3 is 11.9 Å². The Morgan fingerprint density at radius 1 is 1.36 bits per heavy atom. The van der Waals surface area contributed by atoms with E-state index in [1.165, 1.54) is 23.6 Å². The van der Waals surface area contributed by atoms with Crippen molar-refractivity contribution in [1.82, 2.24) is 10.2 Å². The van der Waals surface area contributed by atoms with E-state index < -0.39 is 23.9 Å². The first kappa shape index (κ1) is 19.3. The number of thioether (sulfide) groups is 1. The van der Waals surface area contributed by atoms with Gasteiger partial charge < -0.3 is 20.5 Å². The average Bonchev–Trinajstić information content (AvgIpc) is 2.57. The predicted octanol–water partition coefficient (Wildman–Crippen LogP) is -0.681. The van der Waals surface area contributed by atoms with E-state index in [-0.39, 0.29) is 36.2 Å². The van der Waals surface area contributed by atoms with Gasteiger partial charge in [0.1, 0.15) is 23.7 Å². The molecule has 3 N–H and O–H groups in total. The Bertz CT molecular complexity index is 633.